The zero-order chi connectivity index (χ0) is 15.9. The van der Waals surface area contributed by atoms with Gasteiger partial charge in [0.25, 0.3) is 0 Å². The second-order valence-electron chi connectivity index (χ2n) is 5.94. The Morgan fingerprint density at radius 1 is 1.23 bits per heavy atom. The standard InChI is InChI=1S/C17H28N4O/c1-3-16(18)17(22)19(2)9-10-20-11-13-21(14-12-20)15-7-5-4-6-8-15/h4-8,16H,3,9-14,18H2,1-2H3/t16-/m1/s1. The van der Waals surface area contributed by atoms with Crippen molar-refractivity contribution in [2.75, 3.05) is 51.2 Å². The van der Waals surface area contributed by atoms with E-state index >= 15 is 0 Å². The molecule has 1 aromatic rings. The van der Waals surface area contributed by atoms with Gasteiger partial charge in [0.2, 0.25) is 5.91 Å². The van der Waals surface area contributed by atoms with E-state index in [9.17, 15) is 4.79 Å². The minimum absolute atomic E-state index is 0.0467. The first-order chi connectivity index (χ1) is 10.6. The van der Waals surface area contributed by atoms with Gasteiger partial charge >= 0.3 is 0 Å². The molecule has 2 rings (SSSR count). The van der Waals surface area contributed by atoms with Crippen LogP contribution in [0.2, 0.25) is 0 Å². The second-order valence-corrected chi connectivity index (χ2v) is 5.94. The summed E-state index contributed by atoms with van der Waals surface area (Å²) in [6.45, 7) is 7.76. The fourth-order valence-corrected chi connectivity index (χ4v) is 2.73. The number of carbonyl (C=O) groups is 1. The van der Waals surface area contributed by atoms with E-state index in [4.69, 9.17) is 5.73 Å². The molecule has 5 heteroatoms. The molecule has 1 aliphatic rings. The van der Waals surface area contributed by atoms with Crippen LogP contribution in [0.5, 0.6) is 0 Å². The molecule has 1 atom stereocenters. The molecule has 1 aromatic carbocycles. The number of amides is 1. The van der Waals surface area contributed by atoms with Crippen LogP contribution in [0, 0.1) is 0 Å². The first-order valence-corrected chi connectivity index (χ1v) is 8.14. The molecule has 1 saturated heterocycles. The number of benzene rings is 1. The highest BCUT2D eigenvalue weighted by Crippen LogP contribution is 2.15. The number of para-hydroxylation sites is 1. The van der Waals surface area contributed by atoms with Crippen molar-refractivity contribution < 1.29 is 4.79 Å². The van der Waals surface area contributed by atoms with Gasteiger partial charge in [-0.25, -0.2) is 0 Å². The average molecular weight is 304 g/mol. The molecule has 0 spiro atoms. The van der Waals surface area contributed by atoms with Crippen molar-refractivity contribution in [3.05, 3.63) is 30.3 Å². The van der Waals surface area contributed by atoms with Crippen molar-refractivity contribution in [1.29, 1.82) is 0 Å². The summed E-state index contributed by atoms with van der Waals surface area (Å²) in [7, 11) is 1.85. The van der Waals surface area contributed by atoms with Gasteiger partial charge in [-0.15, -0.1) is 0 Å². The lowest BCUT2D eigenvalue weighted by Crippen LogP contribution is -2.50. The summed E-state index contributed by atoms with van der Waals surface area (Å²) in [5.41, 5.74) is 7.09. The maximum atomic E-state index is 12.0. The number of likely N-dealkylation sites (N-methyl/N-ethyl adjacent to an activating group) is 1. The number of hydrogen-bond acceptors (Lipinski definition) is 4. The molecular formula is C17H28N4O. The van der Waals surface area contributed by atoms with Crippen molar-refractivity contribution in [2.45, 2.75) is 19.4 Å². The molecule has 0 radical (unpaired) electrons. The Hall–Kier alpha value is -1.59. The van der Waals surface area contributed by atoms with Crippen molar-refractivity contribution in [2.24, 2.45) is 5.73 Å². The molecule has 1 heterocycles. The molecule has 0 bridgehead atoms. The topological polar surface area (TPSA) is 52.8 Å². The van der Waals surface area contributed by atoms with Crippen molar-refractivity contribution in [3.8, 4) is 0 Å². The predicted octanol–water partition coefficient (Wildman–Crippen LogP) is 1.00. The van der Waals surface area contributed by atoms with E-state index in [1.165, 1.54) is 5.69 Å². The Labute approximate surface area is 133 Å². The van der Waals surface area contributed by atoms with Crippen LogP contribution >= 0.6 is 0 Å². The molecular weight excluding hydrogens is 276 g/mol. The van der Waals surface area contributed by atoms with E-state index in [0.29, 0.717) is 6.42 Å². The van der Waals surface area contributed by atoms with Crippen LogP contribution < -0.4 is 10.6 Å². The van der Waals surface area contributed by atoms with E-state index < -0.39 is 0 Å². The highest BCUT2D eigenvalue weighted by Gasteiger charge is 2.19. The van der Waals surface area contributed by atoms with E-state index in [0.717, 1.165) is 39.3 Å². The van der Waals surface area contributed by atoms with E-state index in [1.807, 2.05) is 20.0 Å². The van der Waals surface area contributed by atoms with E-state index in [-0.39, 0.29) is 11.9 Å². The van der Waals surface area contributed by atoms with Gasteiger partial charge < -0.3 is 15.5 Å². The molecule has 1 fully saturated rings. The van der Waals surface area contributed by atoms with Crippen molar-refractivity contribution >= 4 is 11.6 Å². The third-order valence-corrected chi connectivity index (χ3v) is 4.38. The Bertz CT molecular complexity index is 457. The van der Waals surface area contributed by atoms with Gasteiger partial charge in [-0.2, -0.15) is 0 Å². The number of carbonyl (C=O) groups excluding carboxylic acids is 1. The molecule has 1 amide bonds. The predicted molar refractivity (Wildman–Crippen MR) is 91.0 cm³/mol. The second kappa shape index (κ2) is 8.15. The van der Waals surface area contributed by atoms with Gasteiger partial charge in [0, 0.05) is 52.0 Å². The van der Waals surface area contributed by atoms with Crippen LogP contribution in [0.25, 0.3) is 0 Å². The lowest BCUT2D eigenvalue weighted by molar-refractivity contribution is -0.131. The van der Waals surface area contributed by atoms with E-state index in [2.05, 4.69) is 34.1 Å². The van der Waals surface area contributed by atoms with Crippen LogP contribution in [0.15, 0.2) is 30.3 Å². The first-order valence-electron chi connectivity index (χ1n) is 8.14. The monoisotopic (exact) mass is 304 g/mol. The molecule has 2 N–H and O–H groups in total. The number of rotatable bonds is 6. The van der Waals surface area contributed by atoms with Crippen LogP contribution in [-0.4, -0.2) is 68.1 Å². The van der Waals surface area contributed by atoms with Crippen molar-refractivity contribution in [3.63, 3.8) is 0 Å². The van der Waals surface area contributed by atoms with Crippen LogP contribution in [0.1, 0.15) is 13.3 Å². The molecule has 22 heavy (non-hydrogen) atoms. The smallest absolute Gasteiger partial charge is 0.239 e. The molecule has 0 unspecified atom stereocenters. The Kier molecular flexibility index (Phi) is 6.21. The average Bonchev–Trinajstić information content (AvgIpc) is 2.59. The van der Waals surface area contributed by atoms with Crippen LogP contribution in [0.4, 0.5) is 5.69 Å². The van der Waals surface area contributed by atoms with E-state index in [1.54, 1.807) is 4.90 Å². The summed E-state index contributed by atoms with van der Waals surface area (Å²) in [5, 5.41) is 0. The number of hydrogen-bond donors (Lipinski definition) is 1. The quantitative estimate of drug-likeness (QED) is 0.852. The maximum absolute atomic E-state index is 12.0. The normalized spacial score (nSPS) is 17.3. The Morgan fingerprint density at radius 3 is 2.45 bits per heavy atom. The zero-order valence-electron chi connectivity index (χ0n) is 13.7. The Morgan fingerprint density at radius 2 is 1.86 bits per heavy atom. The minimum atomic E-state index is -0.361. The lowest BCUT2D eigenvalue weighted by Gasteiger charge is -2.36. The maximum Gasteiger partial charge on any atom is 0.239 e. The van der Waals surface area contributed by atoms with Crippen LogP contribution in [0.3, 0.4) is 0 Å². The highest BCUT2D eigenvalue weighted by atomic mass is 16.2. The number of nitrogens with two attached hydrogens (primary N) is 1. The van der Waals surface area contributed by atoms with Gasteiger partial charge in [0.05, 0.1) is 6.04 Å². The lowest BCUT2D eigenvalue weighted by atomic mass is 10.2. The Balaban J connectivity index is 1.73. The molecule has 5 nitrogen and oxygen atoms in total. The third kappa shape index (κ3) is 4.45. The molecule has 122 valence electrons. The van der Waals surface area contributed by atoms with Gasteiger partial charge in [-0.3, -0.25) is 9.69 Å². The van der Waals surface area contributed by atoms with Crippen molar-refractivity contribution in [1.82, 2.24) is 9.80 Å². The fourth-order valence-electron chi connectivity index (χ4n) is 2.73. The van der Waals surface area contributed by atoms with Gasteiger partial charge in [0.15, 0.2) is 0 Å². The molecule has 0 saturated carbocycles. The van der Waals surface area contributed by atoms with Gasteiger partial charge in [-0.05, 0) is 18.6 Å². The summed E-state index contributed by atoms with van der Waals surface area (Å²) in [4.78, 5) is 18.6. The first kappa shape index (κ1) is 16.8. The molecule has 1 aliphatic heterocycles. The fraction of sp³-hybridized carbons (Fsp3) is 0.588. The number of anilines is 1. The summed E-state index contributed by atoms with van der Waals surface area (Å²) in [5.74, 6) is 0.0467. The summed E-state index contributed by atoms with van der Waals surface area (Å²) in [6, 6.07) is 10.2. The summed E-state index contributed by atoms with van der Waals surface area (Å²) < 4.78 is 0. The minimum Gasteiger partial charge on any atom is -0.369 e. The molecule has 0 aliphatic carbocycles. The van der Waals surface area contributed by atoms with Gasteiger partial charge in [0.1, 0.15) is 0 Å². The molecule has 0 aromatic heterocycles. The SMILES string of the molecule is CC[C@@H](N)C(=O)N(C)CCN1CCN(c2ccccc2)CC1. The summed E-state index contributed by atoms with van der Waals surface area (Å²) >= 11 is 0. The largest absolute Gasteiger partial charge is 0.369 e. The third-order valence-electron chi connectivity index (χ3n) is 4.38. The number of piperazine rings is 1. The number of nitrogens with zero attached hydrogens (tertiary/aromatic N) is 3. The zero-order valence-corrected chi connectivity index (χ0v) is 13.7. The van der Waals surface area contributed by atoms with Gasteiger partial charge in [-0.1, -0.05) is 25.1 Å². The van der Waals surface area contributed by atoms with Crippen LogP contribution in [-0.2, 0) is 4.79 Å². The highest BCUT2D eigenvalue weighted by molar-refractivity contribution is 5.81. The summed E-state index contributed by atoms with van der Waals surface area (Å²) in [6.07, 6.45) is 0.693.